The van der Waals surface area contributed by atoms with Crippen LogP contribution in [0.4, 0.5) is 0 Å². The van der Waals surface area contributed by atoms with Gasteiger partial charge in [0.15, 0.2) is 0 Å². The van der Waals surface area contributed by atoms with Crippen LogP contribution in [-0.4, -0.2) is 54.2 Å². The summed E-state index contributed by atoms with van der Waals surface area (Å²) in [5, 5.41) is 8.56. The van der Waals surface area contributed by atoms with Crippen molar-refractivity contribution in [1.29, 1.82) is 0 Å². The Bertz CT molecular complexity index is 134. The second kappa shape index (κ2) is 8.62. The van der Waals surface area contributed by atoms with E-state index in [-0.39, 0.29) is 24.9 Å². The topological polar surface area (TPSA) is 66.6 Å². The van der Waals surface area contributed by atoms with E-state index in [0.29, 0.717) is 12.3 Å². The van der Waals surface area contributed by atoms with Crippen molar-refractivity contribution in [2.45, 2.75) is 6.04 Å². The molecular weight excluding hydrogens is 212 g/mol. The number of nitrogens with zero attached hydrogens (tertiary/aromatic N) is 1. The molecule has 0 radical (unpaired) electrons. The number of likely N-dealkylation sites (N-methyl/N-ethyl adjacent to an activating group) is 1. The summed E-state index contributed by atoms with van der Waals surface area (Å²) in [6, 6.07) is -0.448. The first-order valence-corrected chi connectivity index (χ1v) is 5.13. The molecule has 4 nitrogen and oxygen atoms in total. The molecule has 3 N–H and O–H groups in total. The summed E-state index contributed by atoms with van der Waals surface area (Å²) < 4.78 is 0. The number of carbonyl (C=O) groups is 1. The number of thioether (sulfide) groups is 1. The number of carbonyl (C=O) groups excluding carboxylic acids is 1. The van der Waals surface area contributed by atoms with E-state index >= 15 is 0 Å². The average Bonchev–Trinajstić information content (AvgIpc) is 2.04. The molecule has 1 unspecified atom stereocenters. The molecule has 0 fully saturated rings. The Kier molecular flexibility index (Phi) is 10.3. The molecule has 0 saturated carbocycles. The summed E-state index contributed by atoms with van der Waals surface area (Å²) in [5.41, 5.74) is 5.57. The van der Waals surface area contributed by atoms with Gasteiger partial charge in [-0.3, -0.25) is 4.79 Å². The zero-order chi connectivity index (χ0) is 9.56. The molecule has 1 amide bonds. The fourth-order valence-electron chi connectivity index (χ4n) is 0.794. The van der Waals surface area contributed by atoms with Crippen molar-refractivity contribution >= 4 is 30.1 Å². The maximum Gasteiger partial charge on any atom is 0.240 e. The smallest absolute Gasteiger partial charge is 0.240 e. The lowest BCUT2D eigenvalue weighted by Gasteiger charge is -2.19. The third kappa shape index (κ3) is 6.15. The van der Waals surface area contributed by atoms with Gasteiger partial charge in [0.2, 0.25) is 5.91 Å². The van der Waals surface area contributed by atoms with Gasteiger partial charge in [0.05, 0.1) is 12.6 Å². The van der Waals surface area contributed by atoms with Crippen LogP contribution in [0.1, 0.15) is 0 Å². The number of aliphatic hydroxyl groups excluding tert-OH is 1. The molecule has 1 atom stereocenters. The van der Waals surface area contributed by atoms with Crippen LogP contribution in [-0.2, 0) is 4.79 Å². The number of halogens is 1. The standard InChI is InChI=1S/C7H16N2O2S.ClH/c1-9(3-4-10)7(11)6(8)5-12-2;/h6,10H,3-5,8H2,1-2H3;1H. The Morgan fingerprint density at radius 3 is 2.62 bits per heavy atom. The normalized spacial score (nSPS) is 11.7. The van der Waals surface area contributed by atoms with Gasteiger partial charge in [-0.15, -0.1) is 12.4 Å². The number of hydrogen-bond donors (Lipinski definition) is 2. The van der Waals surface area contributed by atoms with E-state index < -0.39 is 6.04 Å². The molecule has 80 valence electrons. The van der Waals surface area contributed by atoms with Crippen LogP contribution >= 0.6 is 24.2 Å². The number of hydrogen-bond acceptors (Lipinski definition) is 4. The SMILES string of the molecule is CSCC(N)C(=O)N(C)CCO.Cl. The summed E-state index contributed by atoms with van der Waals surface area (Å²) in [5.74, 6) is 0.507. The van der Waals surface area contributed by atoms with Crippen LogP contribution in [0.25, 0.3) is 0 Å². The third-order valence-electron chi connectivity index (χ3n) is 1.48. The Labute approximate surface area is 89.3 Å². The van der Waals surface area contributed by atoms with Crippen LogP contribution < -0.4 is 5.73 Å². The lowest BCUT2D eigenvalue weighted by Crippen LogP contribution is -2.44. The first kappa shape index (κ1) is 15.5. The predicted octanol–water partition coefficient (Wildman–Crippen LogP) is -0.451. The van der Waals surface area contributed by atoms with E-state index in [4.69, 9.17) is 10.8 Å². The van der Waals surface area contributed by atoms with Gasteiger partial charge < -0.3 is 15.7 Å². The highest BCUT2D eigenvalue weighted by Gasteiger charge is 2.16. The van der Waals surface area contributed by atoms with Crippen LogP contribution in [0.5, 0.6) is 0 Å². The molecule has 0 aliphatic heterocycles. The van der Waals surface area contributed by atoms with Crippen molar-refractivity contribution in [2.24, 2.45) is 5.73 Å². The largest absolute Gasteiger partial charge is 0.395 e. The van der Waals surface area contributed by atoms with E-state index in [1.807, 2.05) is 6.26 Å². The first-order valence-electron chi connectivity index (χ1n) is 3.73. The molecule has 0 aliphatic rings. The highest BCUT2D eigenvalue weighted by atomic mass is 35.5. The van der Waals surface area contributed by atoms with Gasteiger partial charge in [0.1, 0.15) is 0 Å². The van der Waals surface area contributed by atoms with Crippen LogP contribution in [0, 0.1) is 0 Å². The van der Waals surface area contributed by atoms with Gasteiger partial charge in [-0.2, -0.15) is 11.8 Å². The lowest BCUT2D eigenvalue weighted by molar-refractivity contribution is -0.131. The molecule has 0 spiro atoms. The van der Waals surface area contributed by atoms with Crippen LogP contribution in [0.15, 0.2) is 0 Å². The van der Waals surface area contributed by atoms with Crippen molar-refractivity contribution in [3.8, 4) is 0 Å². The quantitative estimate of drug-likeness (QED) is 0.669. The average molecular weight is 229 g/mol. The van der Waals surface area contributed by atoms with Gasteiger partial charge in [0.25, 0.3) is 0 Å². The molecule has 0 aromatic rings. The Morgan fingerprint density at radius 2 is 2.23 bits per heavy atom. The zero-order valence-corrected chi connectivity index (χ0v) is 9.53. The molecule has 0 aromatic carbocycles. The van der Waals surface area contributed by atoms with Gasteiger partial charge in [-0.1, -0.05) is 0 Å². The van der Waals surface area contributed by atoms with E-state index in [1.165, 1.54) is 16.7 Å². The van der Waals surface area contributed by atoms with Crippen LogP contribution in [0.2, 0.25) is 0 Å². The van der Waals surface area contributed by atoms with Crippen molar-refractivity contribution in [3.63, 3.8) is 0 Å². The van der Waals surface area contributed by atoms with Crippen molar-refractivity contribution in [2.75, 3.05) is 32.2 Å². The van der Waals surface area contributed by atoms with Gasteiger partial charge in [0, 0.05) is 19.3 Å². The fraction of sp³-hybridized carbons (Fsp3) is 0.857. The molecular formula is C7H17ClN2O2S. The summed E-state index contributed by atoms with van der Waals surface area (Å²) in [4.78, 5) is 12.7. The zero-order valence-electron chi connectivity index (χ0n) is 7.90. The van der Waals surface area contributed by atoms with E-state index in [9.17, 15) is 4.79 Å². The second-order valence-electron chi connectivity index (χ2n) is 2.55. The van der Waals surface area contributed by atoms with E-state index in [0.717, 1.165) is 0 Å². The number of amides is 1. The monoisotopic (exact) mass is 228 g/mol. The maximum absolute atomic E-state index is 11.3. The second-order valence-corrected chi connectivity index (χ2v) is 3.46. The lowest BCUT2D eigenvalue weighted by atomic mass is 10.3. The molecule has 0 aliphatic carbocycles. The molecule has 0 rings (SSSR count). The van der Waals surface area contributed by atoms with Gasteiger partial charge in [-0.25, -0.2) is 0 Å². The van der Waals surface area contributed by atoms with Crippen molar-refractivity contribution in [3.05, 3.63) is 0 Å². The van der Waals surface area contributed by atoms with Gasteiger partial charge in [-0.05, 0) is 6.26 Å². The van der Waals surface area contributed by atoms with Crippen LogP contribution in [0.3, 0.4) is 0 Å². The van der Waals surface area contributed by atoms with E-state index in [1.54, 1.807) is 7.05 Å². The molecule has 0 bridgehead atoms. The predicted molar refractivity (Wildman–Crippen MR) is 58.3 cm³/mol. The first-order chi connectivity index (χ1) is 5.63. The van der Waals surface area contributed by atoms with E-state index in [2.05, 4.69) is 0 Å². The minimum Gasteiger partial charge on any atom is -0.395 e. The Balaban J connectivity index is 0. The molecule has 0 saturated heterocycles. The summed E-state index contributed by atoms with van der Waals surface area (Å²) >= 11 is 1.54. The molecule has 6 heteroatoms. The Hall–Kier alpha value is 0.0300. The maximum atomic E-state index is 11.3. The molecule has 0 aromatic heterocycles. The minimum absolute atomic E-state index is 0. The third-order valence-corrected chi connectivity index (χ3v) is 2.17. The summed E-state index contributed by atoms with van der Waals surface area (Å²) in [7, 11) is 1.64. The highest BCUT2D eigenvalue weighted by molar-refractivity contribution is 7.98. The summed E-state index contributed by atoms with van der Waals surface area (Å²) in [6.07, 6.45) is 1.90. The highest BCUT2D eigenvalue weighted by Crippen LogP contribution is 1.97. The molecule has 0 heterocycles. The Morgan fingerprint density at radius 1 is 1.69 bits per heavy atom. The minimum atomic E-state index is -0.448. The van der Waals surface area contributed by atoms with Crippen molar-refractivity contribution < 1.29 is 9.90 Å². The summed E-state index contributed by atoms with van der Waals surface area (Å²) in [6.45, 7) is 0.329. The number of rotatable bonds is 5. The van der Waals surface area contributed by atoms with Gasteiger partial charge >= 0.3 is 0 Å². The van der Waals surface area contributed by atoms with Crippen molar-refractivity contribution in [1.82, 2.24) is 4.90 Å². The number of aliphatic hydroxyl groups is 1. The fourth-order valence-corrected chi connectivity index (χ4v) is 1.30. The number of nitrogens with two attached hydrogens (primary N) is 1. The molecule has 13 heavy (non-hydrogen) atoms.